The predicted molar refractivity (Wildman–Crippen MR) is 108 cm³/mol. The number of carbonyl (C=O) groups is 2. The first-order chi connectivity index (χ1) is 13.3. The van der Waals surface area contributed by atoms with Crippen LogP contribution in [-0.2, 0) is 11.4 Å². The molecule has 0 spiro atoms. The van der Waals surface area contributed by atoms with Gasteiger partial charge in [0, 0.05) is 18.0 Å². The molecule has 150 valence electrons. The summed E-state index contributed by atoms with van der Waals surface area (Å²) in [4.78, 5) is 30.8. The van der Waals surface area contributed by atoms with Crippen LogP contribution >= 0.6 is 22.9 Å². The molecule has 1 atom stereocenters. The number of carboxylic acids is 1. The van der Waals surface area contributed by atoms with Gasteiger partial charge in [0.2, 0.25) is 5.91 Å². The van der Waals surface area contributed by atoms with Crippen LogP contribution in [0.25, 0.3) is 0 Å². The highest BCUT2D eigenvalue weighted by atomic mass is 35.5. The molecule has 1 amide bonds. The van der Waals surface area contributed by atoms with Crippen LogP contribution in [0.5, 0.6) is 5.75 Å². The van der Waals surface area contributed by atoms with Crippen molar-refractivity contribution in [3.63, 3.8) is 0 Å². The lowest BCUT2D eigenvalue weighted by Crippen LogP contribution is -2.31. The van der Waals surface area contributed by atoms with E-state index < -0.39 is 5.97 Å². The standard InChI is InChI=1S/C20H23ClN2O4S/c1-12(2)10-17(24)23-9-3-4-16(23)19-22-15(18(28-19)20(25)26)11-27-14-7-5-13(21)6-8-14/h5-8,12,16H,3-4,9-11H2,1-2H3,(H,25,26)/t16-/m1/s1. The van der Waals surface area contributed by atoms with E-state index in [0.717, 1.165) is 24.2 Å². The quantitative estimate of drug-likeness (QED) is 0.694. The number of hydrogen-bond donors (Lipinski definition) is 1. The summed E-state index contributed by atoms with van der Waals surface area (Å²) >= 11 is 7.00. The van der Waals surface area contributed by atoms with Crippen LogP contribution in [0.15, 0.2) is 24.3 Å². The number of amides is 1. The number of thiazole rings is 1. The molecule has 2 heterocycles. The Hall–Kier alpha value is -2.12. The van der Waals surface area contributed by atoms with Crippen molar-refractivity contribution in [1.82, 2.24) is 9.88 Å². The maximum Gasteiger partial charge on any atom is 0.347 e. The van der Waals surface area contributed by atoms with Crippen LogP contribution in [-0.4, -0.2) is 33.4 Å². The monoisotopic (exact) mass is 422 g/mol. The Morgan fingerprint density at radius 2 is 2.07 bits per heavy atom. The minimum Gasteiger partial charge on any atom is -0.487 e. The topological polar surface area (TPSA) is 79.7 Å². The van der Waals surface area contributed by atoms with Crippen molar-refractivity contribution in [3.8, 4) is 5.75 Å². The fourth-order valence-corrected chi connectivity index (χ4v) is 4.43. The number of benzene rings is 1. The highest BCUT2D eigenvalue weighted by molar-refractivity contribution is 7.13. The first-order valence-electron chi connectivity index (χ1n) is 9.26. The molecule has 1 aromatic carbocycles. The minimum absolute atomic E-state index is 0.0480. The van der Waals surface area contributed by atoms with E-state index >= 15 is 0 Å². The fourth-order valence-electron chi connectivity index (χ4n) is 3.25. The van der Waals surface area contributed by atoms with Gasteiger partial charge in [-0.25, -0.2) is 9.78 Å². The van der Waals surface area contributed by atoms with Gasteiger partial charge >= 0.3 is 5.97 Å². The van der Waals surface area contributed by atoms with Crippen LogP contribution in [0, 0.1) is 5.92 Å². The molecule has 1 aromatic heterocycles. The van der Waals surface area contributed by atoms with Gasteiger partial charge in [-0.15, -0.1) is 11.3 Å². The molecule has 1 aliphatic rings. The number of carboxylic acid groups (broad SMARTS) is 1. The summed E-state index contributed by atoms with van der Waals surface area (Å²) in [6.45, 7) is 4.77. The Labute approximate surface area is 173 Å². The number of carbonyl (C=O) groups excluding carboxylic acids is 1. The van der Waals surface area contributed by atoms with Crippen LogP contribution < -0.4 is 4.74 Å². The number of likely N-dealkylation sites (tertiary alicyclic amines) is 1. The zero-order valence-corrected chi connectivity index (χ0v) is 17.4. The number of aromatic nitrogens is 1. The number of rotatable bonds is 7. The van der Waals surface area contributed by atoms with Crippen LogP contribution in [0.4, 0.5) is 0 Å². The largest absolute Gasteiger partial charge is 0.487 e. The predicted octanol–water partition coefficient (Wildman–Crippen LogP) is 4.78. The molecule has 1 fully saturated rings. The Kier molecular flexibility index (Phi) is 6.57. The first kappa shape index (κ1) is 20.6. The third-order valence-electron chi connectivity index (χ3n) is 4.54. The second-order valence-electron chi connectivity index (χ2n) is 7.22. The second-order valence-corrected chi connectivity index (χ2v) is 8.69. The van der Waals surface area contributed by atoms with Crippen molar-refractivity contribution in [2.75, 3.05) is 6.54 Å². The lowest BCUT2D eigenvalue weighted by molar-refractivity contribution is -0.132. The lowest BCUT2D eigenvalue weighted by atomic mass is 10.1. The molecule has 3 rings (SSSR count). The van der Waals surface area contributed by atoms with Crippen molar-refractivity contribution in [2.45, 2.75) is 45.8 Å². The smallest absolute Gasteiger partial charge is 0.347 e. The van der Waals surface area contributed by atoms with Gasteiger partial charge < -0.3 is 14.7 Å². The van der Waals surface area contributed by atoms with E-state index in [1.54, 1.807) is 24.3 Å². The summed E-state index contributed by atoms with van der Waals surface area (Å²) in [6.07, 6.45) is 2.18. The molecule has 1 saturated heterocycles. The molecule has 1 aliphatic heterocycles. The van der Waals surface area contributed by atoms with Crippen molar-refractivity contribution in [1.29, 1.82) is 0 Å². The average molecular weight is 423 g/mol. The second kappa shape index (κ2) is 8.92. The van der Waals surface area contributed by atoms with E-state index in [0.29, 0.717) is 34.4 Å². The number of nitrogens with zero attached hydrogens (tertiary/aromatic N) is 2. The van der Waals surface area contributed by atoms with Crippen LogP contribution in [0.2, 0.25) is 5.02 Å². The third-order valence-corrected chi connectivity index (χ3v) is 5.98. The lowest BCUT2D eigenvalue weighted by Gasteiger charge is -2.24. The number of ether oxygens (including phenoxy) is 1. The van der Waals surface area contributed by atoms with Gasteiger partial charge in [0.1, 0.15) is 27.9 Å². The zero-order valence-electron chi connectivity index (χ0n) is 15.9. The van der Waals surface area contributed by atoms with Crippen LogP contribution in [0.1, 0.15) is 59.5 Å². The first-order valence-corrected chi connectivity index (χ1v) is 10.4. The average Bonchev–Trinajstić information content (AvgIpc) is 3.27. The summed E-state index contributed by atoms with van der Waals surface area (Å²) in [5.74, 6) is -0.0621. The third kappa shape index (κ3) is 4.83. The Morgan fingerprint density at radius 1 is 1.36 bits per heavy atom. The molecule has 0 saturated carbocycles. The number of hydrogen-bond acceptors (Lipinski definition) is 5. The van der Waals surface area contributed by atoms with E-state index in [-0.39, 0.29) is 29.4 Å². The molecule has 28 heavy (non-hydrogen) atoms. The van der Waals surface area contributed by atoms with Gasteiger partial charge in [-0.3, -0.25) is 4.79 Å². The SMILES string of the molecule is CC(C)CC(=O)N1CCC[C@@H]1c1nc(COc2ccc(Cl)cc2)c(C(=O)O)s1. The Balaban J connectivity index is 1.78. The molecule has 8 heteroatoms. The summed E-state index contributed by atoms with van der Waals surface area (Å²) in [5, 5.41) is 10.8. The van der Waals surface area contributed by atoms with Gasteiger partial charge in [-0.2, -0.15) is 0 Å². The van der Waals surface area contributed by atoms with E-state index in [1.165, 1.54) is 0 Å². The molecule has 1 N–H and O–H groups in total. The van der Waals surface area contributed by atoms with E-state index in [2.05, 4.69) is 4.98 Å². The summed E-state index contributed by atoms with van der Waals surface area (Å²) in [5.41, 5.74) is 0.380. The van der Waals surface area contributed by atoms with E-state index in [4.69, 9.17) is 16.3 Å². The van der Waals surface area contributed by atoms with Gasteiger partial charge in [-0.1, -0.05) is 25.4 Å². The Morgan fingerprint density at radius 3 is 2.71 bits per heavy atom. The van der Waals surface area contributed by atoms with Crippen molar-refractivity contribution in [2.24, 2.45) is 5.92 Å². The normalized spacial score (nSPS) is 16.6. The number of halogens is 1. The molecular weight excluding hydrogens is 400 g/mol. The van der Waals surface area contributed by atoms with Crippen LogP contribution in [0.3, 0.4) is 0 Å². The fraction of sp³-hybridized carbons (Fsp3) is 0.450. The molecule has 0 radical (unpaired) electrons. The maximum absolute atomic E-state index is 12.6. The van der Waals surface area contributed by atoms with Crippen molar-refractivity contribution in [3.05, 3.63) is 44.9 Å². The van der Waals surface area contributed by atoms with Gasteiger partial charge in [-0.05, 0) is 43.0 Å². The van der Waals surface area contributed by atoms with E-state index in [1.807, 2.05) is 18.7 Å². The number of aromatic carboxylic acids is 1. The molecular formula is C20H23ClN2O4S. The minimum atomic E-state index is -1.03. The van der Waals surface area contributed by atoms with Gasteiger partial charge in [0.05, 0.1) is 6.04 Å². The molecule has 0 unspecified atom stereocenters. The summed E-state index contributed by atoms with van der Waals surface area (Å²) in [7, 11) is 0. The zero-order chi connectivity index (χ0) is 20.3. The van der Waals surface area contributed by atoms with Crippen molar-refractivity contribution >= 4 is 34.8 Å². The maximum atomic E-state index is 12.6. The highest BCUT2D eigenvalue weighted by Crippen LogP contribution is 2.36. The van der Waals surface area contributed by atoms with E-state index in [9.17, 15) is 14.7 Å². The summed E-state index contributed by atoms with van der Waals surface area (Å²) < 4.78 is 5.68. The molecule has 2 aromatic rings. The molecule has 6 nitrogen and oxygen atoms in total. The Bertz CT molecular complexity index is 850. The highest BCUT2D eigenvalue weighted by Gasteiger charge is 2.33. The molecule has 0 bridgehead atoms. The van der Waals surface area contributed by atoms with Gasteiger partial charge in [0.25, 0.3) is 0 Å². The van der Waals surface area contributed by atoms with Gasteiger partial charge in [0.15, 0.2) is 0 Å². The molecule has 0 aliphatic carbocycles. The van der Waals surface area contributed by atoms with Crippen molar-refractivity contribution < 1.29 is 19.4 Å². The summed E-state index contributed by atoms with van der Waals surface area (Å²) in [6, 6.07) is 6.70.